The van der Waals surface area contributed by atoms with Crippen molar-refractivity contribution in [1.29, 1.82) is 0 Å². The maximum atomic E-state index is 4.24. The molecule has 2 aromatic rings. The molecule has 0 heterocycles. The fourth-order valence-electron chi connectivity index (χ4n) is 1.74. The molecule has 0 atom stereocenters. The van der Waals surface area contributed by atoms with Crippen molar-refractivity contribution in [3.05, 3.63) is 54.1 Å². The molecule has 2 rings (SSSR count). The molecule has 0 spiro atoms. The van der Waals surface area contributed by atoms with Gasteiger partial charge in [-0.3, -0.25) is 0 Å². The molecule has 0 fully saturated rings. The van der Waals surface area contributed by atoms with Crippen LogP contribution in [0.2, 0.25) is 0 Å². The first-order valence-electron chi connectivity index (χ1n) is 6.48. The van der Waals surface area contributed by atoms with Crippen LogP contribution in [0.5, 0.6) is 0 Å². The van der Waals surface area contributed by atoms with Gasteiger partial charge in [0.05, 0.1) is 11.4 Å². The Labute approximate surface area is 114 Å². The van der Waals surface area contributed by atoms with Crippen LogP contribution < -0.4 is 5.32 Å². The van der Waals surface area contributed by atoms with Crippen LogP contribution in [0.1, 0.15) is 25.3 Å². The molecule has 0 saturated heterocycles. The Kier molecular flexibility index (Phi) is 4.29. The zero-order valence-electron chi connectivity index (χ0n) is 11.6. The van der Waals surface area contributed by atoms with E-state index in [1.807, 2.05) is 43.4 Å². The fourth-order valence-corrected chi connectivity index (χ4v) is 1.74. The molecule has 0 amide bonds. The zero-order chi connectivity index (χ0) is 13.7. The number of nitrogens with zero attached hydrogens (tertiary/aromatic N) is 2. The summed E-state index contributed by atoms with van der Waals surface area (Å²) >= 11 is 0. The Balaban J connectivity index is 2.08. The van der Waals surface area contributed by atoms with Gasteiger partial charge in [0.25, 0.3) is 0 Å². The van der Waals surface area contributed by atoms with Gasteiger partial charge in [-0.05, 0) is 47.9 Å². The number of azo groups is 1. The average Bonchev–Trinajstić information content (AvgIpc) is 2.46. The summed E-state index contributed by atoms with van der Waals surface area (Å²) in [6, 6.07) is 16.1. The summed E-state index contributed by atoms with van der Waals surface area (Å²) in [5.41, 5.74) is 4.12. The summed E-state index contributed by atoms with van der Waals surface area (Å²) < 4.78 is 0. The fraction of sp³-hybridized carbons (Fsp3) is 0.250. The van der Waals surface area contributed by atoms with E-state index in [0.29, 0.717) is 5.92 Å². The lowest BCUT2D eigenvalue weighted by atomic mass is 10.0. The third-order valence-electron chi connectivity index (χ3n) is 3.00. The van der Waals surface area contributed by atoms with E-state index in [1.54, 1.807) is 0 Å². The second-order valence-corrected chi connectivity index (χ2v) is 4.74. The van der Waals surface area contributed by atoms with Gasteiger partial charge in [0.15, 0.2) is 0 Å². The molecule has 0 aliphatic heterocycles. The Morgan fingerprint density at radius 2 is 1.26 bits per heavy atom. The molecule has 3 heteroatoms. The molecule has 0 aromatic heterocycles. The van der Waals surface area contributed by atoms with Gasteiger partial charge in [0, 0.05) is 12.7 Å². The lowest BCUT2D eigenvalue weighted by Crippen LogP contribution is -1.85. The van der Waals surface area contributed by atoms with Gasteiger partial charge in [0.1, 0.15) is 0 Å². The minimum atomic E-state index is 0.542. The molecule has 1 N–H and O–H groups in total. The van der Waals surface area contributed by atoms with E-state index in [4.69, 9.17) is 0 Å². The van der Waals surface area contributed by atoms with Crippen LogP contribution in [0.4, 0.5) is 17.1 Å². The highest BCUT2D eigenvalue weighted by Gasteiger charge is 1.98. The number of benzene rings is 2. The summed E-state index contributed by atoms with van der Waals surface area (Å²) in [5.74, 6) is 0.542. The number of hydrogen-bond acceptors (Lipinski definition) is 3. The maximum absolute atomic E-state index is 4.24. The van der Waals surface area contributed by atoms with Gasteiger partial charge in [-0.15, -0.1) is 0 Å². The smallest absolute Gasteiger partial charge is 0.0858 e. The topological polar surface area (TPSA) is 36.8 Å². The standard InChI is InChI=1S/C16H19N3/c1-12(2)13-4-6-15(7-5-13)18-19-16-10-8-14(17-3)9-11-16/h4-12,17H,1-3H3/i3-1. The van der Waals surface area contributed by atoms with Crippen molar-refractivity contribution in [1.82, 2.24) is 0 Å². The van der Waals surface area contributed by atoms with Gasteiger partial charge in [0.2, 0.25) is 0 Å². The van der Waals surface area contributed by atoms with Crippen LogP contribution in [0.15, 0.2) is 58.8 Å². The van der Waals surface area contributed by atoms with E-state index < -0.39 is 0 Å². The second-order valence-electron chi connectivity index (χ2n) is 4.74. The molecule has 3 nitrogen and oxygen atoms in total. The third kappa shape index (κ3) is 3.65. The van der Waals surface area contributed by atoms with E-state index >= 15 is 0 Å². The molecular weight excluding hydrogens is 233 g/mol. The first kappa shape index (κ1) is 13.3. The van der Waals surface area contributed by atoms with Crippen molar-refractivity contribution in [3.63, 3.8) is 0 Å². The van der Waals surface area contributed by atoms with Gasteiger partial charge < -0.3 is 5.32 Å². The summed E-state index contributed by atoms with van der Waals surface area (Å²) in [5, 5.41) is 11.5. The molecule has 0 radical (unpaired) electrons. The molecule has 2 aromatic carbocycles. The normalized spacial score (nSPS) is 11.2. The number of hydrogen-bond donors (Lipinski definition) is 1. The predicted molar refractivity (Wildman–Crippen MR) is 80.7 cm³/mol. The molecule has 0 aliphatic carbocycles. The van der Waals surface area contributed by atoms with Crippen LogP contribution in [0.25, 0.3) is 0 Å². The van der Waals surface area contributed by atoms with Crippen molar-refractivity contribution < 1.29 is 0 Å². The number of rotatable bonds is 4. The highest BCUT2D eigenvalue weighted by molar-refractivity contribution is 5.50. The lowest BCUT2D eigenvalue weighted by Gasteiger charge is -2.04. The molecule has 0 bridgehead atoms. The van der Waals surface area contributed by atoms with Gasteiger partial charge >= 0.3 is 0 Å². The summed E-state index contributed by atoms with van der Waals surface area (Å²) in [6.45, 7) is 4.36. The highest BCUT2D eigenvalue weighted by Crippen LogP contribution is 2.22. The Morgan fingerprint density at radius 1 is 0.789 bits per heavy atom. The predicted octanol–water partition coefficient (Wildman–Crippen LogP) is 5.27. The van der Waals surface area contributed by atoms with Gasteiger partial charge in [-0.1, -0.05) is 26.0 Å². The zero-order valence-corrected chi connectivity index (χ0v) is 11.6. The monoisotopic (exact) mass is 252 g/mol. The SMILES string of the molecule is CC(C)c1ccc(N=Nc2ccc(N[11CH3])cc2)cc1. The number of anilines is 1. The number of nitrogens with one attached hydrogen (secondary N) is 1. The van der Waals surface area contributed by atoms with Gasteiger partial charge in [-0.25, -0.2) is 0 Å². The molecule has 0 saturated carbocycles. The van der Waals surface area contributed by atoms with Crippen molar-refractivity contribution in [2.75, 3.05) is 12.4 Å². The summed E-state index contributed by atoms with van der Waals surface area (Å²) in [7, 11) is 1.90. The largest absolute Gasteiger partial charge is 0.388 e. The van der Waals surface area contributed by atoms with Crippen LogP contribution >= 0.6 is 0 Å². The third-order valence-corrected chi connectivity index (χ3v) is 3.00. The molecule has 0 aliphatic rings. The Morgan fingerprint density at radius 3 is 1.68 bits per heavy atom. The van der Waals surface area contributed by atoms with Crippen molar-refractivity contribution in [3.8, 4) is 0 Å². The van der Waals surface area contributed by atoms with E-state index in [9.17, 15) is 0 Å². The van der Waals surface area contributed by atoms with E-state index in [-0.39, 0.29) is 0 Å². The van der Waals surface area contributed by atoms with E-state index in [1.165, 1.54) is 5.56 Å². The van der Waals surface area contributed by atoms with Crippen molar-refractivity contribution in [2.24, 2.45) is 10.2 Å². The molecule has 0 unspecified atom stereocenters. The first-order valence-corrected chi connectivity index (χ1v) is 6.48. The molecule has 19 heavy (non-hydrogen) atoms. The quantitative estimate of drug-likeness (QED) is 0.739. The summed E-state index contributed by atoms with van der Waals surface area (Å²) in [6.07, 6.45) is 0. The van der Waals surface area contributed by atoms with Crippen LogP contribution in [0, 0.1) is 0 Å². The Hall–Kier alpha value is -2.16. The minimum Gasteiger partial charge on any atom is -0.388 e. The van der Waals surface area contributed by atoms with Gasteiger partial charge in [-0.2, -0.15) is 10.2 Å². The van der Waals surface area contributed by atoms with E-state index in [0.717, 1.165) is 17.1 Å². The highest BCUT2D eigenvalue weighted by atomic mass is 15.1. The van der Waals surface area contributed by atoms with Crippen LogP contribution in [-0.4, -0.2) is 7.05 Å². The second kappa shape index (κ2) is 6.14. The Bertz CT molecular complexity index is 539. The summed E-state index contributed by atoms with van der Waals surface area (Å²) in [4.78, 5) is 0. The van der Waals surface area contributed by atoms with Crippen molar-refractivity contribution >= 4 is 17.1 Å². The molecule has 98 valence electrons. The van der Waals surface area contributed by atoms with Crippen molar-refractivity contribution in [2.45, 2.75) is 19.8 Å². The molecular formula is C16H19N3. The van der Waals surface area contributed by atoms with Crippen LogP contribution in [0.3, 0.4) is 0 Å². The lowest BCUT2D eigenvalue weighted by molar-refractivity contribution is 0.866. The maximum Gasteiger partial charge on any atom is 0.0858 e. The van der Waals surface area contributed by atoms with E-state index in [2.05, 4.69) is 41.5 Å². The first-order chi connectivity index (χ1) is 9.19. The van der Waals surface area contributed by atoms with Crippen LogP contribution in [-0.2, 0) is 0 Å². The minimum absolute atomic E-state index is 0.542. The average molecular weight is 252 g/mol.